The first-order valence-corrected chi connectivity index (χ1v) is 7.50. The highest BCUT2D eigenvalue weighted by Gasteiger charge is 2.18. The Bertz CT molecular complexity index is 980. The Hall–Kier alpha value is -2.55. The van der Waals surface area contributed by atoms with E-state index in [1.807, 2.05) is 0 Å². The molecule has 0 aliphatic rings. The third-order valence-corrected chi connectivity index (χ3v) is 4.30. The van der Waals surface area contributed by atoms with Gasteiger partial charge in [-0.25, -0.2) is 13.2 Å². The number of nitrogens with one attached hydrogen (secondary N) is 2. The highest BCUT2D eigenvalue weighted by Crippen LogP contribution is 2.20. The smallest absolute Gasteiger partial charge is 0.408 e. The number of hydrogen-bond donors (Lipinski definition) is 2. The van der Waals surface area contributed by atoms with Crippen molar-refractivity contribution >= 4 is 26.9 Å². The van der Waals surface area contributed by atoms with Crippen LogP contribution in [0.4, 0.5) is 5.82 Å². The van der Waals surface area contributed by atoms with Crippen molar-refractivity contribution < 1.29 is 12.8 Å². The molecule has 21 heavy (non-hydrogen) atoms. The molecule has 0 unspecified atom stereocenters. The van der Waals surface area contributed by atoms with Crippen LogP contribution in [0, 0.1) is 6.92 Å². The molecule has 0 saturated heterocycles. The summed E-state index contributed by atoms with van der Waals surface area (Å²) in [5.74, 6) is -0.280. The lowest BCUT2D eigenvalue weighted by atomic mass is 10.3. The Morgan fingerprint density at radius 3 is 2.76 bits per heavy atom. The first-order valence-electron chi connectivity index (χ1n) is 6.01. The summed E-state index contributed by atoms with van der Waals surface area (Å²) in [5, 5.41) is 4.07. The van der Waals surface area contributed by atoms with E-state index in [-0.39, 0.29) is 10.5 Å². The predicted octanol–water partition coefficient (Wildman–Crippen LogP) is 0.964. The van der Waals surface area contributed by atoms with E-state index in [1.54, 1.807) is 20.0 Å². The van der Waals surface area contributed by atoms with Gasteiger partial charge >= 0.3 is 5.76 Å². The van der Waals surface area contributed by atoms with Gasteiger partial charge in [-0.15, -0.1) is 0 Å². The molecule has 2 heterocycles. The van der Waals surface area contributed by atoms with Gasteiger partial charge in [0.15, 0.2) is 5.58 Å². The molecule has 0 aliphatic carbocycles. The molecule has 0 aliphatic heterocycles. The van der Waals surface area contributed by atoms with Crippen molar-refractivity contribution in [1.29, 1.82) is 0 Å². The van der Waals surface area contributed by atoms with Crippen LogP contribution >= 0.6 is 0 Å². The zero-order valence-electron chi connectivity index (χ0n) is 11.2. The van der Waals surface area contributed by atoms with Crippen molar-refractivity contribution in [3.05, 3.63) is 40.5 Å². The molecule has 0 atom stereocenters. The monoisotopic (exact) mass is 308 g/mol. The van der Waals surface area contributed by atoms with Gasteiger partial charge in [-0.1, -0.05) is 0 Å². The summed E-state index contributed by atoms with van der Waals surface area (Å²) in [6, 6.07) is 5.77. The van der Waals surface area contributed by atoms with Crippen molar-refractivity contribution in [1.82, 2.24) is 14.8 Å². The number of oxazole rings is 1. The van der Waals surface area contributed by atoms with Crippen molar-refractivity contribution in [3.63, 3.8) is 0 Å². The number of anilines is 1. The largest absolute Gasteiger partial charge is 0.417 e. The minimum atomic E-state index is -3.79. The number of aromatic amines is 1. The molecular weight excluding hydrogens is 296 g/mol. The van der Waals surface area contributed by atoms with Crippen LogP contribution < -0.4 is 10.5 Å². The fraction of sp³-hybridized carbons (Fsp3) is 0.167. The summed E-state index contributed by atoms with van der Waals surface area (Å²) >= 11 is 0. The number of H-pyrrole nitrogens is 1. The Morgan fingerprint density at radius 1 is 1.33 bits per heavy atom. The first-order chi connectivity index (χ1) is 9.85. The van der Waals surface area contributed by atoms with Gasteiger partial charge in [-0.2, -0.15) is 5.10 Å². The minimum Gasteiger partial charge on any atom is -0.408 e. The molecule has 0 spiro atoms. The van der Waals surface area contributed by atoms with Crippen LogP contribution in [0.1, 0.15) is 5.69 Å². The van der Waals surface area contributed by atoms with Gasteiger partial charge in [0.25, 0.3) is 10.0 Å². The van der Waals surface area contributed by atoms with Crippen molar-refractivity contribution in [2.45, 2.75) is 11.8 Å². The number of sulfonamides is 1. The second-order valence-corrected chi connectivity index (χ2v) is 6.25. The average molecular weight is 308 g/mol. The summed E-state index contributed by atoms with van der Waals surface area (Å²) in [4.78, 5) is 13.5. The molecule has 0 amide bonds. The molecule has 0 fully saturated rings. The number of aromatic nitrogens is 3. The van der Waals surface area contributed by atoms with Crippen molar-refractivity contribution in [3.8, 4) is 0 Å². The zero-order valence-corrected chi connectivity index (χ0v) is 12.1. The maximum absolute atomic E-state index is 12.3. The van der Waals surface area contributed by atoms with Crippen LogP contribution in [0.3, 0.4) is 0 Å². The lowest BCUT2D eigenvalue weighted by molar-refractivity contribution is 0.554. The summed E-state index contributed by atoms with van der Waals surface area (Å²) in [7, 11) is -2.15. The van der Waals surface area contributed by atoms with Crippen LogP contribution in [-0.4, -0.2) is 23.2 Å². The summed E-state index contributed by atoms with van der Waals surface area (Å²) in [6.07, 6.45) is 0. The number of benzene rings is 1. The fourth-order valence-electron chi connectivity index (χ4n) is 2.00. The van der Waals surface area contributed by atoms with Gasteiger partial charge in [0.1, 0.15) is 5.82 Å². The topological polar surface area (TPSA) is 110 Å². The third-order valence-electron chi connectivity index (χ3n) is 2.94. The highest BCUT2D eigenvalue weighted by molar-refractivity contribution is 7.92. The van der Waals surface area contributed by atoms with E-state index in [9.17, 15) is 13.2 Å². The van der Waals surface area contributed by atoms with E-state index in [0.717, 1.165) is 0 Å². The molecule has 110 valence electrons. The van der Waals surface area contributed by atoms with Gasteiger partial charge < -0.3 is 4.42 Å². The third kappa shape index (κ3) is 2.42. The summed E-state index contributed by atoms with van der Waals surface area (Å²) in [5.41, 5.74) is 1.32. The Balaban J connectivity index is 2.03. The SMILES string of the molecule is Cc1cc(NS(=O)(=O)c2ccc3[nH]c(=O)oc3c2)n(C)n1. The first kappa shape index (κ1) is 13.4. The van der Waals surface area contributed by atoms with Crippen LogP contribution in [0.5, 0.6) is 0 Å². The van der Waals surface area contributed by atoms with Crippen LogP contribution in [0.15, 0.2) is 38.4 Å². The van der Waals surface area contributed by atoms with E-state index in [0.29, 0.717) is 17.0 Å². The molecule has 2 N–H and O–H groups in total. The van der Waals surface area contributed by atoms with Gasteiger partial charge in [0.2, 0.25) is 0 Å². The van der Waals surface area contributed by atoms with E-state index in [2.05, 4.69) is 14.8 Å². The molecule has 2 aromatic heterocycles. The number of rotatable bonds is 3. The molecule has 3 aromatic rings. The molecule has 0 saturated carbocycles. The number of hydrogen-bond acceptors (Lipinski definition) is 5. The maximum atomic E-state index is 12.3. The Morgan fingerprint density at radius 2 is 2.10 bits per heavy atom. The molecule has 1 aromatic carbocycles. The lowest BCUT2D eigenvalue weighted by Gasteiger charge is -2.07. The lowest BCUT2D eigenvalue weighted by Crippen LogP contribution is -2.15. The predicted molar refractivity (Wildman–Crippen MR) is 75.6 cm³/mol. The van der Waals surface area contributed by atoms with Crippen LogP contribution in [-0.2, 0) is 17.1 Å². The average Bonchev–Trinajstić information content (AvgIpc) is 2.89. The Labute approximate surface area is 119 Å². The van der Waals surface area contributed by atoms with Crippen molar-refractivity contribution in [2.75, 3.05) is 4.72 Å². The molecule has 0 radical (unpaired) electrons. The Kier molecular flexibility index (Phi) is 2.87. The van der Waals surface area contributed by atoms with E-state index >= 15 is 0 Å². The van der Waals surface area contributed by atoms with E-state index < -0.39 is 15.8 Å². The zero-order chi connectivity index (χ0) is 15.2. The van der Waals surface area contributed by atoms with Gasteiger partial charge in [0.05, 0.1) is 16.1 Å². The normalized spacial score (nSPS) is 11.9. The summed E-state index contributed by atoms with van der Waals surface area (Å²) < 4.78 is 33.4. The van der Waals surface area contributed by atoms with Crippen molar-refractivity contribution in [2.24, 2.45) is 7.05 Å². The molecule has 0 bridgehead atoms. The molecule has 3 rings (SSSR count). The van der Waals surface area contributed by atoms with Gasteiger partial charge in [-0.05, 0) is 19.1 Å². The maximum Gasteiger partial charge on any atom is 0.417 e. The molecule has 8 nitrogen and oxygen atoms in total. The second-order valence-electron chi connectivity index (χ2n) is 4.57. The van der Waals surface area contributed by atoms with Gasteiger partial charge in [-0.3, -0.25) is 14.4 Å². The molecular formula is C12H12N4O4S. The minimum absolute atomic E-state index is 0.00315. The number of aryl methyl sites for hydroxylation is 2. The highest BCUT2D eigenvalue weighted by atomic mass is 32.2. The van der Waals surface area contributed by atoms with E-state index in [4.69, 9.17) is 4.42 Å². The fourth-order valence-corrected chi connectivity index (χ4v) is 3.09. The van der Waals surface area contributed by atoms with Gasteiger partial charge in [0, 0.05) is 19.2 Å². The number of fused-ring (bicyclic) bond motifs is 1. The van der Waals surface area contributed by atoms with Crippen LogP contribution in [0.2, 0.25) is 0 Å². The standard InChI is InChI=1S/C12H12N4O4S/c1-7-5-11(16(2)14-7)15-21(18,19)8-3-4-9-10(6-8)20-12(17)13-9/h3-6,15H,1-2H3,(H,13,17). The van der Waals surface area contributed by atoms with E-state index in [1.165, 1.54) is 22.9 Å². The number of nitrogens with zero attached hydrogens (tertiary/aromatic N) is 2. The van der Waals surface area contributed by atoms with Crippen LogP contribution in [0.25, 0.3) is 11.1 Å². The second kappa shape index (κ2) is 4.48. The quantitative estimate of drug-likeness (QED) is 0.749. The summed E-state index contributed by atoms with van der Waals surface area (Å²) in [6.45, 7) is 1.76. The molecule has 9 heteroatoms.